The first kappa shape index (κ1) is 14.4. The number of carbonyl (C=O) groups excluding carboxylic acids is 1. The predicted molar refractivity (Wildman–Crippen MR) is 65.6 cm³/mol. The minimum Gasteiger partial charge on any atom is -0.355 e. The van der Waals surface area contributed by atoms with E-state index in [2.05, 4.69) is 10.0 Å². The Kier molecular flexibility index (Phi) is 5.35. The summed E-state index contributed by atoms with van der Waals surface area (Å²) in [6.07, 6.45) is 2.31. The molecule has 1 aliphatic rings. The van der Waals surface area contributed by atoms with Crippen molar-refractivity contribution in [2.45, 2.75) is 39.2 Å². The summed E-state index contributed by atoms with van der Waals surface area (Å²) in [7, 11) is -3.55. The van der Waals surface area contributed by atoms with Gasteiger partial charge in [0.05, 0.1) is 0 Å². The molecule has 1 heterocycles. The van der Waals surface area contributed by atoms with Gasteiger partial charge in [-0.15, -0.1) is 0 Å². The van der Waals surface area contributed by atoms with Crippen LogP contribution in [0, 0.1) is 0 Å². The fourth-order valence-electron chi connectivity index (χ4n) is 1.87. The zero-order chi connectivity index (χ0) is 12.9. The zero-order valence-electron chi connectivity index (χ0n) is 10.4. The van der Waals surface area contributed by atoms with Crippen LogP contribution in [0.2, 0.25) is 0 Å². The van der Waals surface area contributed by atoms with E-state index in [1.54, 1.807) is 13.8 Å². The summed E-state index contributed by atoms with van der Waals surface area (Å²) in [6.45, 7) is 4.98. The van der Waals surface area contributed by atoms with Crippen molar-refractivity contribution in [1.82, 2.24) is 14.3 Å². The second-order valence-corrected chi connectivity index (χ2v) is 5.75. The van der Waals surface area contributed by atoms with Crippen LogP contribution in [-0.2, 0) is 15.0 Å². The van der Waals surface area contributed by atoms with Crippen LogP contribution >= 0.6 is 0 Å². The first-order valence-electron chi connectivity index (χ1n) is 6.06. The lowest BCUT2D eigenvalue weighted by molar-refractivity contribution is -0.122. The average Bonchev–Trinajstić information content (AvgIpc) is 2.45. The number of amides is 1. The topological polar surface area (TPSA) is 78.5 Å². The van der Waals surface area contributed by atoms with Gasteiger partial charge in [-0.3, -0.25) is 4.79 Å². The molecular formula is C10H21N3O3S. The summed E-state index contributed by atoms with van der Waals surface area (Å²) in [6, 6.07) is -0.636. The van der Waals surface area contributed by atoms with Crippen LogP contribution in [0.4, 0.5) is 0 Å². The van der Waals surface area contributed by atoms with Crippen LogP contribution in [-0.4, -0.2) is 44.3 Å². The van der Waals surface area contributed by atoms with Gasteiger partial charge in [0.15, 0.2) is 0 Å². The molecule has 0 spiro atoms. The maximum absolute atomic E-state index is 12.0. The van der Waals surface area contributed by atoms with Crippen molar-refractivity contribution >= 4 is 16.1 Å². The van der Waals surface area contributed by atoms with Crippen LogP contribution in [0.5, 0.6) is 0 Å². The van der Waals surface area contributed by atoms with Crippen LogP contribution in [0.25, 0.3) is 0 Å². The molecule has 0 aromatic carbocycles. The quantitative estimate of drug-likeness (QED) is 0.723. The molecule has 1 fully saturated rings. The standard InChI is InChI=1S/C10H21N3O3S/c1-3-13(4-2)17(15,16)12-9-7-5-6-8-11-10(9)14/h9,12H,3-8H2,1-2H3,(H,11,14)/t9-/m0/s1. The normalized spacial score (nSPS) is 22.3. The van der Waals surface area contributed by atoms with E-state index in [-0.39, 0.29) is 5.91 Å². The fourth-order valence-corrected chi connectivity index (χ4v) is 3.28. The monoisotopic (exact) mass is 263 g/mol. The number of nitrogens with one attached hydrogen (secondary N) is 2. The second-order valence-electron chi connectivity index (χ2n) is 4.05. The molecule has 100 valence electrons. The van der Waals surface area contributed by atoms with Crippen molar-refractivity contribution < 1.29 is 13.2 Å². The highest BCUT2D eigenvalue weighted by Crippen LogP contribution is 2.08. The molecule has 0 unspecified atom stereocenters. The molecule has 0 saturated carbocycles. The molecule has 2 N–H and O–H groups in total. The molecule has 0 aliphatic carbocycles. The highest BCUT2D eigenvalue weighted by Gasteiger charge is 2.28. The summed E-state index contributed by atoms with van der Waals surface area (Å²) in [5, 5.41) is 2.71. The predicted octanol–water partition coefficient (Wildman–Crippen LogP) is -0.169. The van der Waals surface area contributed by atoms with Crippen LogP contribution < -0.4 is 10.0 Å². The molecule has 0 bridgehead atoms. The van der Waals surface area contributed by atoms with Gasteiger partial charge < -0.3 is 5.32 Å². The number of nitrogens with zero attached hydrogens (tertiary/aromatic N) is 1. The van der Waals surface area contributed by atoms with Crippen LogP contribution in [0.15, 0.2) is 0 Å². The van der Waals surface area contributed by atoms with Crippen molar-refractivity contribution in [3.63, 3.8) is 0 Å². The minimum atomic E-state index is -3.55. The smallest absolute Gasteiger partial charge is 0.280 e. The maximum Gasteiger partial charge on any atom is 0.280 e. The SMILES string of the molecule is CCN(CC)S(=O)(=O)N[C@H]1CCCCNC1=O. The molecule has 17 heavy (non-hydrogen) atoms. The third-order valence-corrected chi connectivity index (χ3v) is 4.65. The van der Waals surface area contributed by atoms with Crippen molar-refractivity contribution in [2.75, 3.05) is 19.6 Å². The second kappa shape index (κ2) is 6.32. The minimum absolute atomic E-state index is 0.224. The number of carbonyl (C=O) groups is 1. The lowest BCUT2D eigenvalue weighted by atomic mass is 10.1. The molecule has 1 rings (SSSR count). The van der Waals surface area contributed by atoms with Crippen LogP contribution in [0.1, 0.15) is 33.1 Å². The summed E-state index contributed by atoms with van der Waals surface area (Å²) in [5.74, 6) is -0.224. The molecule has 1 aliphatic heterocycles. The molecule has 7 heteroatoms. The Morgan fingerprint density at radius 3 is 2.59 bits per heavy atom. The van der Waals surface area contributed by atoms with Gasteiger partial charge in [-0.1, -0.05) is 13.8 Å². The van der Waals surface area contributed by atoms with E-state index in [4.69, 9.17) is 0 Å². The summed E-state index contributed by atoms with van der Waals surface area (Å²) < 4.78 is 27.7. The molecule has 1 atom stereocenters. The van der Waals surface area contributed by atoms with E-state index in [1.165, 1.54) is 4.31 Å². The number of rotatable bonds is 5. The maximum atomic E-state index is 12.0. The van der Waals surface area contributed by atoms with Crippen molar-refractivity contribution in [2.24, 2.45) is 0 Å². The van der Waals surface area contributed by atoms with Gasteiger partial charge in [0.1, 0.15) is 6.04 Å². The van der Waals surface area contributed by atoms with Gasteiger partial charge in [0.25, 0.3) is 10.2 Å². The Morgan fingerprint density at radius 1 is 1.35 bits per heavy atom. The first-order valence-corrected chi connectivity index (χ1v) is 7.50. The molecule has 1 amide bonds. The lowest BCUT2D eigenvalue weighted by Crippen LogP contribution is -2.50. The van der Waals surface area contributed by atoms with Crippen molar-refractivity contribution in [1.29, 1.82) is 0 Å². The Balaban J connectivity index is 2.71. The van der Waals surface area contributed by atoms with E-state index >= 15 is 0 Å². The lowest BCUT2D eigenvalue weighted by Gasteiger charge is -2.22. The van der Waals surface area contributed by atoms with E-state index in [0.29, 0.717) is 26.1 Å². The fraction of sp³-hybridized carbons (Fsp3) is 0.900. The van der Waals surface area contributed by atoms with Crippen molar-refractivity contribution in [3.8, 4) is 0 Å². The first-order chi connectivity index (χ1) is 8.01. The van der Waals surface area contributed by atoms with Gasteiger partial charge in [-0.25, -0.2) is 0 Å². The summed E-state index contributed by atoms with van der Waals surface area (Å²) in [5.41, 5.74) is 0. The van der Waals surface area contributed by atoms with Gasteiger partial charge in [-0.2, -0.15) is 17.4 Å². The Labute approximate surface area is 103 Å². The Bertz CT molecular complexity index is 352. The zero-order valence-corrected chi connectivity index (χ0v) is 11.2. The van der Waals surface area contributed by atoms with E-state index < -0.39 is 16.3 Å². The summed E-state index contributed by atoms with van der Waals surface area (Å²) in [4.78, 5) is 11.6. The molecular weight excluding hydrogens is 242 g/mol. The average molecular weight is 263 g/mol. The Morgan fingerprint density at radius 2 is 2.00 bits per heavy atom. The Hall–Kier alpha value is -0.660. The van der Waals surface area contributed by atoms with E-state index in [9.17, 15) is 13.2 Å². The largest absolute Gasteiger partial charge is 0.355 e. The number of hydrogen-bond donors (Lipinski definition) is 2. The summed E-state index contributed by atoms with van der Waals surface area (Å²) >= 11 is 0. The number of hydrogen-bond acceptors (Lipinski definition) is 3. The molecule has 0 aromatic heterocycles. The third kappa shape index (κ3) is 3.93. The molecule has 0 radical (unpaired) electrons. The highest BCUT2D eigenvalue weighted by atomic mass is 32.2. The van der Waals surface area contributed by atoms with Gasteiger partial charge in [-0.05, 0) is 19.3 Å². The highest BCUT2D eigenvalue weighted by molar-refractivity contribution is 7.87. The van der Waals surface area contributed by atoms with E-state index in [0.717, 1.165) is 12.8 Å². The molecule has 1 saturated heterocycles. The van der Waals surface area contributed by atoms with Gasteiger partial charge in [0, 0.05) is 19.6 Å². The molecule has 0 aromatic rings. The van der Waals surface area contributed by atoms with Gasteiger partial charge >= 0.3 is 0 Å². The van der Waals surface area contributed by atoms with Gasteiger partial charge in [0.2, 0.25) is 5.91 Å². The molecule has 6 nitrogen and oxygen atoms in total. The van der Waals surface area contributed by atoms with E-state index in [1.807, 2.05) is 0 Å². The third-order valence-electron chi connectivity index (χ3n) is 2.87. The van der Waals surface area contributed by atoms with Crippen molar-refractivity contribution in [3.05, 3.63) is 0 Å². The van der Waals surface area contributed by atoms with Crippen LogP contribution in [0.3, 0.4) is 0 Å².